The number of thioether (sulfide) groups is 1. The molecule has 3 heteroatoms. The highest BCUT2D eigenvalue weighted by atomic mass is 32.2. The van der Waals surface area contributed by atoms with Crippen LogP contribution in [0.1, 0.15) is 5.56 Å². The predicted molar refractivity (Wildman–Crippen MR) is 57.6 cm³/mol. The molecule has 1 aliphatic heterocycles. The average Bonchev–Trinajstić information content (AvgIpc) is 2.56. The van der Waals surface area contributed by atoms with Crippen LogP contribution in [0.15, 0.2) is 24.3 Å². The van der Waals surface area contributed by atoms with Gasteiger partial charge >= 0.3 is 0 Å². The number of ketones is 1. The maximum absolute atomic E-state index is 11.4. The zero-order valence-corrected chi connectivity index (χ0v) is 8.59. The quantitative estimate of drug-likeness (QED) is 0.806. The van der Waals surface area contributed by atoms with E-state index in [0.29, 0.717) is 11.5 Å². The Morgan fingerprint density at radius 1 is 1.36 bits per heavy atom. The number of hydrogen-bond donors (Lipinski definition) is 1. The monoisotopic (exact) mass is 208 g/mol. The molecule has 2 nitrogen and oxygen atoms in total. The second-order valence-corrected chi connectivity index (χ2v) is 4.58. The zero-order chi connectivity index (χ0) is 9.97. The van der Waals surface area contributed by atoms with E-state index in [-0.39, 0.29) is 11.7 Å². The topological polar surface area (TPSA) is 37.3 Å². The third-order valence-corrected chi connectivity index (χ3v) is 3.56. The van der Waals surface area contributed by atoms with Gasteiger partial charge in [-0.1, -0.05) is 12.1 Å². The number of aromatic hydroxyl groups is 1. The molecule has 2 rings (SSSR count). The smallest absolute Gasteiger partial charge is 0.146 e. The van der Waals surface area contributed by atoms with Gasteiger partial charge in [0.25, 0.3) is 0 Å². The van der Waals surface area contributed by atoms with Gasteiger partial charge in [0.1, 0.15) is 11.5 Å². The third-order valence-electron chi connectivity index (χ3n) is 2.44. The molecule has 0 aromatic heterocycles. The highest BCUT2D eigenvalue weighted by molar-refractivity contribution is 8.00. The SMILES string of the molecule is O=C1CSCC1Cc1ccc(O)cc1. The molecule has 1 aromatic rings. The number of rotatable bonds is 2. The Balaban J connectivity index is 2.03. The molecule has 1 N–H and O–H groups in total. The Morgan fingerprint density at radius 3 is 2.64 bits per heavy atom. The van der Waals surface area contributed by atoms with Crippen LogP contribution in [-0.2, 0) is 11.2 Å². The van der Waals surface area contributed by atoms with Crippen molar-refractivity contribution >= 4 is 17.5 Å². The van der Waals surface area contributed by atoms with Gasteiger partial charge in [-0.15, -0.1) is 0 Å². The van der Waals surface area contributed by atoms with Crippen LogP contribution >= 0.6 is 11.8 Å². The lowest BCUT2D eigenvalue weighted by atomic mass is 9.98. The first-order valence-corrected chi connectivity index (χ1v) is 5.79. The first kappa shape index (κ1) is 9.59. The molecule has 74 valence electrons. The van der Waals surface area contributed by atoms with Gasteiger partial charge in [0.05, 0.1) is 5.75 Å². The Morgan fingerprint density at radius 2 is 2.07 bits per heavy atom. The van der Waals surface area contributed by atoms with Gasteiger partial charge in [-0.3, -0.25) is 4.79 Å². The van der Waals surface area contributed by atoms with E-state index >= 15 is 0 Å². The number of benzene rings is 1. The molecule has 1 saturated heterocycles. The minimum absolute atomic E-state index is 0.185. The van der Waals surface area contributed by atoms with Crippen molar-refractivity contribution in [1.82, 2.24) is 0 Å². The summed E-state index contributed by atoms with van der Waals surface area (Å²) in [6, 6.07) is 7.10. The molecule has 14 heavy (non-hydrogen) atoms. The number of phenols is 1. The summed E-state index contributed by atoms with van der Waals surface area (Å²) in [5.74, 6) is 2.44. The van der Waals surface area contributed by atoms with E-state index in [1.807, 2.05) is 12.1 Å². The lowest BCUT2D eigenvalue weighted by molar-refractivity contribution is -0.119. The first-order chi connectivity index (χ1) is 6.75. The number of Topliss-reactive ketones (excluding diaryl/α,β-unsaturated/α-hetero) is 1. The van der Waals surface area contributed by atoms with Crippen LogP contribution in [-0.4, -0.2) is 22.4 Å². The summed E-state index contributed by atoms with van der Waals surface area (Å²) in [5.41, 5.74) is 1.13. The zero-order valence-electron chi connectivity index (χ0n) is 7.77. The summed E-state index contributed by atoms with van der Waals surface area (Å²) in [6.07, 6.45) is 0.812. The lowest BCUT2D eigenvalue weighted by Crippen LogP contribution is -2.13. The fraction of sp³-hybridized carbons (Fsp3) is 0.364. The minimum Gasteiger partial charge on any atom is -0.508 e. The van der Waals surface area contributed by atoms with Gasteiger partial charge in [-0.2, -0.15) is 11.8 Å². The second kappa shape index (κ2) is 4.05. The van der Waals surface area contributed by atoms with Crippen molar-refractivity contribution in [2.24, 2.45) is 5.92 Å². The molecule has 0 spiro atoms. The molecule has 1 unspecified atom stereocenters. The van der Waals surface area contributed by atoms with Crippen LogP contribution in [0.2, 0.25) is 0 Å². The van der Waals surface area contributed by atoms with Gasteiger partial charge in [-0.05, 0) is 24.1 Å². The second-order valence-electron chi connectivity index (χ2n) is 3.55. The average molecular weight is 208 g/mol. The molecular formula is C11H12O2S. The van der Waals surface area contributed by atoms with Gasteiger partial charge < -0.3 is 5.11 Å². The molecule has 1 fully saturated rings. The van der Waals surface area contributed by atoms with Gasteiger partial charge in [0.2, 0.25) is 0 Å². The Hall–Kier alpha value is -0.960. The Bertz CT molecular complexity index is 332. The van der Waals surface area contributed by atoms with Crippen molar-refractivity contribution in [3.05, 3.63) is 29.8 Å². The first-order valence-electron chi connectivity index (χ1n) is 4.64. The van der Waals surface area contributed by atoms with E-state index in [4.69, 9.17) is 5.11 Å². The van der Waals surface area contributed by atoms with Crippen LogP contribution in [0.5, 0.6) is 5.75 Å². The minimum atomic E-state index is 0.185. The third kappa shape index (κ3) is 2.10. The summed E-state index contributed by atoms with van der Waals surface area (Å²) in [4.78, 5) is 11.4. The normalized spacial score (nSPS) is 21.4. The summed E-state index contributed by atoms with van der Waals surface area (Å²) >= 11 is 1.71. The van der Waals surface area contributed by atoms with Crippen LogP contribution in [0.3, 0.4) is 0 Å². The van der Waals surface area contributed by atoms with Crippen molar-refractivity contribution < 1.29 is 9.90 Å². The van der Waals surface area contributed by atoms with Gasteiger partial charge in [0.15, 0.2) is 0 Å². The molecule has 1 aliphatic rings. The number of carbonyl (C=O) groups is 1. The molecule has 0 radical (unpaired) electrons. The standard InChI is InChI=1S/C11H12O2S/c12-10-3-1-8(2-4-10)5-9-6-14-7-11(9)13/h1-4,9,12H,5-7H2. The Kier molecular flexibility index (Phi) is 2.77. The molecule has 0 bridgehead atoms. The maximum Gasteiger partial charge on any atom is 0.146 e. The lowest BCUT2D eigenvalue weighted by Gasteiger charge is -2.06. The van der Waals surface area contributed by atoms with Crippen LogP contribution < -0.4 is 0 Å². The van der Waals surface area contributed by atoms with Crippen LogP contribution in [0.25, 0.3) is 0 Å². The molecule has 0 aliphatic carbocycles. The van der Waals surface area contributed by atoms with Gasteiger partial charge in [-0.25, -0.2) is 0 Å². The van der Waals surface area contributed by atoms with Crippen LogP contribution in [0.4, 0.5) is 0 Å². The highest BCUT2D eigenvalue weighted by Crippen LogP contribution is 2.24. The van der Waals surface area contributed by atoms with E-state index in [9.17, 15) is 4.79 Å². The largest absolute Gasteiger partial charge is 0.508 e. The van der Waals surface area contributed by atoms with Crippen molar-refractivity contribution in [3.63, 3.8) is 0 Å². The Labute approximate surface area is 87.3 Å². The van der Waals surface area contributed by atoms with Gasteiger partial charge in [0, 0.05) is 11.7 Å². The molecular weight excluding hydrogens is 196 g/mol. The van der Waals surface area contributed by atoms with Crippen LogP contribution in [0, 0.1) is 5.92 Å². The van der Waals surface area contributed by atoms with Crippen molar-refractivity contribution in [2.75, 3.05) is 11.5 Å². The van der Waals surface area contributed by atoms with E-state index < -0.39 is 0 Å². The maximum atomic E-state index is 11.4. The summed E-state index contributed by atoms with van der Waals surface area (Å²) < 4.78 is 0. The predicted octanol–water partition coefficient (Wildman–Crippen LogP) is 1.87. The highest BCUT2D eigenvalue weighted by Gasteiger charge is 2.24. The molecule has 1 atom stereocenters. The number of phenolic OH excluding ortho intramolecular Hbond substituents is 1. The van der Waals surface area contributed by atoms with Crippen molar-refractivity contribution in [2.45, 2.75) is 6.42 Å². The molecule has 0 saturated carbocycles. The van der Waals surface area contributed by atoms with E-state index in [0.717, 1.165) is 17.7 Å². The fourth-order valence-corrected chi connectivity index (χ4v) is 2.74. The molecule has 1 aromatic carbocycles. The van der Waals surface area contributed by atoms with E-state index in [1.54, 1.807) is 23.9 Å². The fourth-order valence-electron chi connectivity index (χ4n) is 1.60. The molecule has 0 amide bonds. The van der Waals surface area contributed by atoms with E-state index in [1.165, 1.54) is 0 Å². The number of carbonyl (C=O) groups excluding carboxylic acids is 1. The van der Waals surface area contributed by atoms with Crippen molar-refractivity contribution in [1.29, 1.82) is 0 Å². The van der Waals surface area contributed by atoms with Crippen molar-refractivity contribution in [3.8, 4) is 5.75 Å². The summed E-state index contributed by atoms with van der Waals surface area (Å²) in [6.45, 7) is 0. The number of hydrogen-bond acceptors (Lipinski definition) is 3. The summed E-state index contributed by atoms with van der Waals surface area (Å²) in [5, 5.41) is 9.10. The molecule has 1 heterocycles. The van der Waals surface area contributed by atoms with E-state index in [2.05, 4.69) is 0 Å². The summed E-state index contributed by atoms with van der Waals surface area (Å²) in [7, 11) is 0.